The van der Waals surface area contributed by atoms with Gasteiger partial charge in [-0.3, -0.25) is 4.57 Å². The van der Waals surface area contributed by atoms with Crippen LogP contribution in [0.25, 0.3) is 6.08 Å². The molecule has 9 heteroatoms. The maximum Gasteiger partial charge on any atom is 0.416 e. The number of nitrogens with zero attached hydrogens (tertiary/aromatic N) is 3. The average Bonchev–Trinajstić information content (AvgIpc) is 3.08. The number of allylic oxidation sites excluding steroid dienone is 1. The predicted octanol–water partition coefficient (Wildman–Crippen LogP) is 4.41. The van der Waals surface area contributed by atoms with E-state index in [9.17, 15) is 18.3 Å². The second-order valence-electron chi connectivity index (χ2n) is 4.98. The van der Waals surface area contributed by atoms with E-state index < -0.39 is 11.7 Å². The first-order valence-electron chi connectivity index (χ1n) is 6.67. The summed E-state index contributed by atoms with van der Waals surface area (Å²) in [4.78, 5) is 0.533. The molecule has 0 unspecified atom stereocenters. The van der Waals surface area contributed by atoms with Gasteiger partial charge in [-0.2, -0.15) is 18.3 Å². The Morgan fingerprint density at radius 1 is 1.25 bits per heavy atom. The van der Waals surface area contributed by atoms with Crippen LogP contribution in [-0.4, -0.2) is 21.6 Å². The molecule has 0 radical (unpaired) electrons. The summed E-state index contributed by atoms with van der Waals surface area (Å²) in [5.74, 6) is 0.0181. The fraction of sp³-hybridized carbons (Fsp3) is 0.133. The van der Waals surface area contributed by atoms with Gasteiger partial charge < -0.3 is 5.11 Å². The van der Waals surface area contributed by atoms with Gasteiger partial charge >= 0.3 is 6.18 Å². The lowest BCUT2D eigenvalue weighted by Crippen LogP contribution is -2.07. The first-order valence-corrected chi connectivity index (χ1v) is 7.89. The van der Waals surface area contributed by atoms with Crippen molar-refractivity contribution in [2.75, 3.05) is 0 Å². The van der Waals surface area contributed by atoms with Gasteiger partial charge in [0, 0.05) is 18.2 Å². The molecule has 0 bridgehead atoms. The summed E-state index contributed by atoms with van der Waals surface area (Å²) in [6, 6.07) is 4.68. The van der Waals surface area contributed by atoms with E-state index in [2.05, 4.69) is 10.2 Å². The van der Waals surface area contributed by atoms with Crippen LogP contribution in [0.2, 0.25) is 0 Å². The van der Waals surface area contributed by atoms with Crippen molar-refractivity contribution in [1.82, 2.24) is 4.57 Å². The third kappa shape index (κ3) is 3.04. The summed E-state index contributed by atoms with van der Waals surface area (Å²) in [6.45, 7) is 0. The fourth-order valence-corrected chi connectivity index (χ4v) is 3.29. The lowest BCUT2D eigenvalue weighted by molar-refractivity contribution is -0.137. The van der Waals surface area contributed by atoms with Gasteiger partial charge in [0.1, 0.15) is 5.71 Å². The zero-order valence-corrected chi connectivity index (χ0v) is 13.8. The number of rotatable bonds is 2. The van der Waals surface area contributed by atoms with E-state index in [1.165, 1.54) is 34.3 Å². The molecule has 124 valence electrons. The Morgan fingerprint density at radius 3 is 2.46 bits per heavy atom. The van der Waals surface area contributed by atoms with E-state index in [4.69, 9.17) is 12.2 Å². The smallest absolute Gasteiger partial charge is 0.416 e. The number of hydrogen-bond acceptors (Lipinski definition) is 5. The Kier molecular flexibility index (Phi) is 4.14. The van der Waals surface area contributed by atoms with E-state index in [0.717, 1.165) is 12.1 Å². The van der Waals surface area contributed by atoms with Gasteiger partial charge in [0.2, 0.25) is 5.88 Å². The molecule has 1 aromatic carbocycles. The number of aromatic hydroxyl groups is 1. The van der Waals surface area contributed by atoms with Gasteiger partial charge in [-0.15, -0.1) is 16.4 Å². The zero-order valence-electron chi connectivity index (χ0n) is 12.2. The van der Waals surface area contributed by atoms with Crippen molar-refractivity contribution in [1.29, 1.82) is 0 Å². The highest BCUT2D eigenvalue weighted by Gasteiger charge is 2.30. The summed E-state index contributed by atoms with van der Waals surface area (Å²) in [5, 5.41) is 17.8. The van der Waals surface area contributed by atoms with Crippen molar-refractivity contribution in [2.24, 2.45) is 17.3 Å². The highest BCUT2D eigenvalue weighted by atomic mass is 32.1. The first kappa shape index (κ1) is 16.6. The van der Waals surface area contributed by atoms with Gasteiger partial charge in [-0.1, -0.05) is 12.1 Å². The summed E-state index contributed by atoms with van der Waals surface area (Å²) in [5.41, 5.74) is 0.799. The Morgan fingerprint density at radius 2 is 1.92 bits per heavy atom. The molecule has 4 nitrogen and oxygen atoms in total. The van der Waals surface area contributed by atoms with Crippen molar-refractivity contribution >= 4 is 41.6 Å². The lowest BCUT2D eigenvalue weighted by atomic mass is 10.0. The number of hydrogen-bond donors (Lipinski definition) is 1. The van der Waals surface area contributed by atoms with Crippen LogP contribution in [0.1, 0.15) is 16.0 Å². The molecule has 24 heavy (non-hydrogen) atoms. The van der Waals surface area contributed by atoms with Crippen LogP contribution in [0.5, 0.6) is 5.88 Å². The first-order chi connectivity index (χ1) is 11.3. The van der Waals surface area contributed by atoms with Crippen LogP contribution in [0, 0.1) is 3.95 Å². The zero-order chi connectivity index (χ0) is 17.5. The molecule has 1 aliphatic heterocycles. The molecule has 1 N–H and O–H groups in total. The van der Waals surface area contributed by atoms with E-state index in [1.54, 1.807) is 13.1 Å². The van der Waals surface area contributed by atoms with E-state index >= 15 is 0 Å². The molecule has 2 heterocycles. The molecule has 0 atom stereocenters. The Labute approximate surface area is 143 Å². The summed E-state index contributed by atoms with van der Waals surface area (Å²) < 4.78 is 39.9. The molecule has 2 aromatic rings. The molecule has 0 spiro atoms. The molecule has 0 fully saturated rings. The predicted molar refractivity (Wildman–Crippen MR) is 90.2 cm³/mol. The highest BCUT2D eigenvalue weighted by molar-refractivity contribution is 7.73. The summed E-state index contributed by atoms with van der Waals surface area (Å²) in [6.07, 6.45) is -1.25. The second-order valence-corrected chi connectivity index (χ2v) is 6.66. The topological polar surface area (TPSA) is 49.9 Å². The van der Waals surface area contributed by atoms with Crippen molar-refractivity contribution in [3.8, 4) is 5.88 Å². The minimum atomic E-state index is -4.39. The molecule has 0 aliphatic carbocycles. The molecule has 1 aromatic heterocycles. The normalized spacial score (nSPS) is 16.0. The molecular formula is C15H10F3N3OS2. The van der Waals surface area contributed by atoms with Gasteiger partial charge in [-0.25, -0.2) is 0 Å². The molecule has 0 saturated heterocycles. The number of benzene rings is 1. The number of thiazole rings is 1. The highest BCUT2D eigenvalue weighted by Crippen LogP contribution is 2.31. The molecular weight excluding hydrogens is 359 g/mol. The van der Waals surface area contributed by atoms with Gasteiger partial charge in [0.25, 0.3) is 0 Å². The van der Waals surface area contributed by atoms with Crippen LogP contribution in [-0.2, 0) is 13.2 Å². The maximum atomic E-state index is 12.6. The third-order valence-electron chi connectivity index (χ3n) is 3.41. The Hall–Kier alpha value is -2.26. The third-order valence-corrected chi connectivity index (χ3v) is 4.90. The number of halogens is 3. The molecule has 1 aliphatic rings. The Balaban J connectivity index is 1.96. The standard InChI is InChI=1S/C15H10F3N3OS2/c1-21-13(22)11(24-14(21)23)6-9-7-19-20-12(9)8-2-4-10(5-3-8)15(16,17)18/h2-7,22H,1H3/b9-6+. The maximum absolute atomic E-state index is 12.6. The molecule has 0 amide bonds. The second kappa shape index (κ2) is 5.99. The largest absolute Gasteiger partial charge is 0.493 e. The van der Waals surface area contributed by atoms with Crippen LogP contribution in [0.15, 0.2) is 40.0 Å². The fourth-order valence-electron chi connectivity index (χ4n) is 2.11. The van der Waals surface area contributed by atoms with E-state index in [0.29, 0.717) is 25.7 Å². The van der Waals surface area contributed by atoms with Gasteiger partial charge in [0.15, 0.2) is 3.95 Å². The molecule has 3 rings (SSSR count). The van der Waals surface area contributed by atoms with Crippen molar-refractivity contribution in [2.45, 2.75) is 6.18 Å². The van der Waals surface area contributed by atoms with Crippen LogP contribution >= 0.6 is 23.6 Å². The van der Waals surface area contributed by atoms with Gasteiger partial charge in [0.05, 0.1) is 16.7 Å². The lowest BCUT2D eigenvalue weighted by Gasteiger charge is -2.08. The number of aromatic nitrogens is 1. The van der Waals surface area contributed by atoms with E-state index in [1.807, 2.05) is 0 Å². The average molecular weight is 369 g/mol. The minimum absolute atomic E-state index is 0.0181. The van der Waals surface area contributed by atoms with Gasteiger partial charge in [-0.05, 0) is 30.4 Å². The van der Waals surface area contributed by atoms with Crippen LogP contribution in [0.3, 0.4) is 0 Å². The number of alkyl halides is 3. The van der Waals surface area contributed by atoms with Crippen LogP contribution < -0.4 is 0 Å². The van der Waals surface area contributed by atoms with E-state index in [-0.39, 0.29) is 5.88 Å². The van der Waals surface area contributed by atoms with Crippen molar-refractivity contribution in [3.05, 3.63) is 49.8 Å². The quantitative estimate of drug-likeness (QED) is 0.797. The monoisotopic (exact) mass is 369 g/mol. The minimum Gasteiger partial charge on any atom is -0.493 e. The summed E-state index contributed by atoms with van der Waals surface area (Å²) in [7, 11) is 1.64. The van der Waals surface area contributed by atoms with Crippen molar-refractivity contribution < 1.29 is 18.3 Å². The molecule has 0 saturated carbocycles. The SMILES string of the molecule is Cn1c(O)c(/C=C2\C=NN=C2c2ccc(C(F)(F)F)cc2)sc1=S. The Bertz CT molecular complexity index is 934. The van der Waals surface area contributed by atoms with Crippen LogP contribution in [0.4, 0.5) is 13.2 Å². The van der Waals surface area contributed by atoms with Crippen molar-refractivity contribution in [3.63, 3.8) is 0 Å². The summed E-state index contributed by atoms with van der Waals surface area (Å²) >= 11 is 6.31.